The van der Waals surface area contributed by atoms with Crippen molar-refractivity contribution < 1.29 is 9.84 Å². The van der Waals surface area contributed by atoms with Crippen molar-refractivity contribution in [2.45, 2.75) is 44.4 Å². The minimum Gasteiger partial charge on any atom is -0.488 e. The molecule has 1 saturated carbocycles. The normalized spacial score (nSPS) is 22.0. The quantitative estimate of drug-likeness (QED) is 0.876. The molecule has 1 aromatic carbocycles. The van der Waals surface area contributed by atoms with E-state index in [4.69, 9.17) is 4.74 Å². The Hall–Kier alpha value is -1.52. The Morgan fingerprint density at radius 3 is 2.67 bits per heavy atom. The van der Waals surface area contributed by atoms with Crippen LogP contribution in [-0.4, -0.2) is 17.3 Å². The molecule has 1 heterocycles. The number of aliphatic hydroxyl groups is 1. The topological polar surface area (TPSA) is 41.5 Å². The average Bonchev–Trinajstić information content (AvgIpc) is 3.02. The molecule has 0 spiro atoms. The predicted molar refractivity (Wildman–Crippen MR) is 87.0 cm³/mol. The van der Waals surface area contributed by atoms with Crippen molar-refractivity contribution in [2.75, 3.05) is 5.32 Å². The highest BCUT2D eigenvalue weighted by atomic mass is 32.1. The first kappa shape index (κ1) is 14.4. The van der Waals surface area contributed by atoms with E-state index >= 15 is 0 Å². The van der Waals surface area contributed by atoms with Crippen molar-refractivity contribution in [2.24, 2.45) is 0 Å². The summed E-state index contributed by atoms with van der Waals surface area (Å²) >= 11 is 1.71. The van der Waals surface area contributed by atoms with Crippen LogP contribution in [0.1, 0.15) is 31.2 Å². The van der Waals surface area contributed by atoms with E-state index in [1.807, 2.05) is 24.3 Å². The van der Waals surface area contributed by atoms with Gasteiger partial charge in [0, 0.05) is 12.2 Å². The molecule has 3 nitrogen and oxygen atoms in total. The zero-order valence-electron chi connectivity index (χ0n) is 12.0. The fourth-order valence-electron chi connectivity index (χ4n) is 2.64. The van der Waals surface area contributed by atoms with Crippen molar-refractivity contribution in [1.29, 1.82) is 0 Å². The third kappa shape index (κ3) is 3.99. The summed E-state index contributed by atoms with van der Waals surface area (Å²) in [6.45, 7) is 0.838. The molecule has 2 aromatic rings. The highest BCUT2D eigenvalue weighted by Gasteiger charge is 2.24. The predicted octanol–water partition coefficient (Wildman–Crippen LogP) is 4.04. The molecule has 2 unspecified atom stereocenters. The van der Waals surface area contributed by atoms with Gasteiger partial charge in [-0.05, 0) is 65.9 Å². The van der Waals surface area contributed by atoms with Crippen LogP contribution in [-0.2, 0) is 6.54 Å². The lowest BCUT2D eigenvalue weighted by Crippen LogP contribution is -2.34. The van der Waals surface area contributed by atoms with E-state index in [0.717, 1.165) is 43.7 Å². The number of benzene rings is 1. The first-order valence-electron chi connectivity index (χ1n) is 7.51. The molecule has 0 radical (unpaired) electrons. The van der Waals surface area contributed by atoms with Crippen LogP contribution in [0.3, 0.4) is 0 Å². The molecule has 0 saturated heterocycles. The Balaban J connectivity index is 1.53. The molecule has 21 heavy (non-hydrogen) atoms. The average molecular weight is 303 g/mol. The molecule has 112 valence electrons. The van der Waals surface area contributed by atoms with Gasteiger partial charge in [-0.2, -0.15) is 11.3 Å². The number of hydrogen-bond acceptors (Lipinski definition) is 4. The Bertz CT molecular complexity index is 538. The third-order valence-electron chi connectivity index (χ3n) is 3.89. The van der Waals surface area contributed by atoms with Crippen molar-refractivity contribution >= 4 is 17.0 Å². The van der Waals surface area contributed by atoms with E-state index in [0.29, 0.717) is 0 Å². The molecule has 3 rings (SSSR count). The molecule has 0 amide bonds. The molecular formula is C17H21NO2S. The van der Waals surface area contributed by atoms with Gasteiger partial charge in [-0.3, -0.25) is 0 Å². The van der Waals surface area contributed by atoms with Crippen LogP contribution >= 0.6 is 11.3 Å². The zero-order chi connectivity index (χ0) is 14.5. The van der Waals surface area contributed by atoms with Crippen LogP contribution in [0.2, 0.25) is 0 Å². The maximum atomic E-state index is 9.94. The second-order valence-corrected chi connectivity index (χ2v) is 6.30. The second-order valence-electron chi connectivity index (χ2n) is 5.52. The fraction of sp³-hybridized carbons (Fsp3) is 0.412. The number of nitrogens with one attached hydrogen (secondary N) is 1. The highest BCUT2D eigenvalue weighted by Crippen LogP contribution is 2.25. The van der Waals surface area contributed by atoms with Crippen LogP contribution in [0, 0.1) is 0 Å². The number of hydrogen-bond donors (Lipinski definition) is 2. The summed E-state index contributed by atoms with van der Waals surface area (Å²) in [5.41, 5.74) is 2.38. The summed E-state index contributed by atoms with van der Waals surface area (Å²) in [5, 5.41) is 17.6. The molecule has 1 aliphatic carbocycles. The summed E-state index contributed by atoms with van der Waals surface area (Å²) in [7, 11) is 0. The summed E-state index contributed by atoms with van der Waals surface area (Å²) < 4.78 is 5.90. The smallest absolute Gasteiger partial charge is 0.124 e. The van der Waals surface area contributed by atoms with Gasteiger partial charge in [-0.25, -0.2) is 0 Å². The number of thiophene rings is 1. The maximum Gasteiger partial charge on any atom is 0.124 e. The fourth-order valence-corrected chi connectivity index (χ4v) is 3.31. The lowest BCUT2D eigenvalue weighted by Gasteiger charge is -2.28. The SMILES string of the molecule is OC1CCCCC1Oc1ccc(NCc2ccsc2)cc1. The van der Waals surface area contributed by atoms with Crippen molar-refractivity contribution in [3.63, 3.8) is 0 Å². The van der Waals surface area contributed by atoms with Crippen LogP contribution in [0.5, 0.6) is 5.75 Å². The van der Waals surface area contributed by atoms with Crippen molar-refractivity contribution in [1.82, 2.24) is 0 Å². The zero-order valence-corrected chi connectivity index (χ0v) is 12.8. The second kappa shape index (κ2) is 6.96. The summed E-state index contributed by atoms with van der Waals surface area (Å²) in [6, 6.07) is 10.1. The van der Waals surface area contributed by atoms with Crippen molar-refractivity contribution in [3.8, 4) is 5.75 Å². The Morgan fingerprint density at radius 1 is 1.14 bits per heavy atom. The van der Waals surface area contributed by atoms with Crippen LogP contribution in [0.4, 0.5) is 5.69 Å². The van der Waals surface area contributed by atoms with E-state index in [-0.39, 0.29) is 12.2 Å². The van der Waals surface area contributed by atoms with Crippen molar-refractivity contribution in [3.05, 3.63) is 46.7 Å². The summed E-state index contributed by atoms with van der Waals surface area (Å²) in [5.74, 6) is 0.835. The van der Waals surface area contributed by atoms with E-state index in [2.05, 4.69) is 22.1 Å². The van der Waals surface area contributed by atoms with Gasteiger partial charge >= 0.3 is 0 Å². The minimum atomic E-state index is -0.324. The number of rotatable bonds is 5. The van der Waals surface area contributed by atoms with Crippen LogP contribution in [0.15, 0.2) is 41.1 Å². The van der Waals surface area contributed by atoms with Gasteiger partial charge in [0.2, 0.25) is 0 Å². The van der Waals surface area contributed by atoms with Gasteiger partial charge in [0.25, 0.3) is 0 Å². The largest absolute Gasteiger partial charge is 0.488 e. The van der Waals surface area contributed by atoms with Gasteiger partial charge in [-0.15, -0.1) is 0 Å². The van der Waals surface area contributed by atoms with Gasteiger partial charge in [0.1, 0.15) is 11.9 Å². The van der Waals surface area contributed by atoms with Gasteiger partial charge in [0.15, 0.2) is 0 Å². The summed E-state index contributed by atoms with van der Waals surface area (Å²) in [6.07, 6.45) is 3.66. The van der Waals surface area contributed by atoms with E-state index < -0.39 is 0 Å². The van der Waals surface area contributed by atoms with E-state index in [1.54, 1.807) is 11.3 Å². The van der Waals surface area contributed by atoms with Crippen LogP contribution < -0.4 is 10.1 Å². The molecule has 2 N–H and O–H groups in total. The van der Waals surface area contributed by atoms with E-state index in [1.165, 1.54) is 5.56 Å². The Morgan fingerprint density at radius 2 is 1.95 bits per heavy atom. The molecule has 1 fully saturated rings. The molecule has 4 heteroatoms. The third-order valence-corrected chi connectivity index (χ3v) is 4.62. The minimum absolute atomic E-state index is 0.0524. The highest BCUT2D eigenvalue weighted by molar-refractivity contribution is 7.07. The number of aliphatic hydroxyl groups excluding tert-OH is 1. The molecular weight excluding hydrogens is 282 g/mol. The lowest BCUT2D eigenvalue weighted by molar-refractivity contribution is 0.00688. The Labute approximate surface area is 129 Å². The van der Waals surface area contributed by atoms with Crippen LogP contribution in [0.25, 0.3) is 0 Å². The molecule has 0 aliphatic heterocycles. The maximum absolute atomic E-state index is 9.94. The van der Waals surface area contributed by atoms with E-state index in [9.17, 15) is 5.11 Å². The monoisotopic (exact) mass is 303 g/mol. The first-order valence-corrected chi connectivity index (χ1v) is 8.45. The number of anilines is 1. The molecule has 1 aromatic heterocycles. The van der Waals surface area contributed by atoms with Gasteiger partial charge in [-0.1, -0.05) is 6.42 Å². The molecule has 2 atom stereocenters. The standard InChI is InChI=1S/C17H21NO2S/c19-16-3-1-2-4-17(16)20-15-7-5-14(6-8-15)18-11-13-9-10-21-12-13/h5-10,12,16-19H,1-4,11H2. The molecule has 1 aliphatic rings. The summed E-state index contributed by atoms with van der Waals surface area (Å²) in [4.78, 5) is 0. The van der Waals surface area contributed by atoms with Gasteiger partial charge < -0.3 is 15.2 Å². The molecule has 0 bridgehead atoms. The van der Waals surface area contributed by atoms with Gasteiger partial charge in [0.05, 0.1) is 6.10 Å². The first-order chi connectivity index (χ1) is 10.3. The lowest BCUT2D eigenvalue weighted by atomic mass is 9.95. The number of ether oxygens (including phenoxy) is 1. The Kier molecular flexibility index (Phi) is 4.78.